The van der Waals surface area contributed by atoms with Crippen LogP contribution in [0.2, 0.25) is 0 Å². The lowest BCUT2D eigenvalue weighted by Gasteiger charge is -2.06. The Morgan fingerprint density at radius 3 is 2.86 bits per heavy atom. The molecule has 5 aromatic rings. The van der Waals surface area contributed by atoms with Crippen LogP contribution in [-0.2, 0) is 20.0 Å². The van der Waals surface area contributed by atoms with Crippen LogP contribution >= 0.6 is 22.9 Å². The van der Waals surface area contributed by atoms with E-state index in [1.54, 1.807) is 23.7 Å². The highest BCUT2D eigenvalue weighted by Crippen LogP contribution is 2.31. The Morgan fingerprint density at radius 1 is 1.18 bits per heavy atom. The fraction of sp³-hybridized carbons (Fsp3) is 0.211. The van der Waals surface area contributed by atoms with Gasteiger partial charge in [0.05, 0.1) is 23.8 Å². The van der Waals surface area contributed by atoms with Gasteiger partial charge in [0.25, 0.3) is 5.56 Å². The molecule has 7 nitrogen and oxygen atoms in total. The lowest BCUT2D eigenvalue weighted by molar-refractivity contribution is 0.631. The second kappa shape index (κ2) is 6.61. The molecular weight excluding hydrogens is 392 g/mol. The van der Waals surface area contributed by atoms with Crippen molar-refractivity contribution in [3.63, 3.8) is 0 Å². The molecule has 5 heterocycles. The van der Waals surface area contributed by atoms with E-state index in [4.69, 9.17) is 4.98 Å². The molecule has 0 aliphatic heterocycles. The normalized spacial score (nSPS) is 11.6. The molecule has 0 unspecified atom stereocenters. The van der Waals surface area contributed by atoms with E-state index in [1.807, 2.05) is 42.8 Å². The molecule has 0 bridgehead atoms. The number of nitrogens with zero attached hydrogens (tertiary/aromatic N) is 6. The van der Waals surface area contributed by atoms with Crippen LogP contribution in [0, 0.1) is 6.92 Å². The number of pyridine rings is 1. The topological polar surface area (TPSA) is 78.5 Å². The Labute approximate surface area is 168 Å². The summed E-state index contributed by atoms with van der Waals surface area (Å²) in [5.41, 5.74) is 3.07. The molecule has 0 aliphatic rings. The standard InChI is InChI=1S/C19H16N6OS2/c1-11-4-3-5-12(22-11)10-25-18(26)17-14(9-20-25)16-19(24(17)2)27-15(23-16)8-13-6-7-21-28-13/h3-7,9H,8,10H2,1-2H3. The lowest BCUT2D eigenvalue weighted by Crippen LogP contribution is -2.25. The van der Waals surface area contributed by atoms with Crippen molar-refractivity contribution in [3.05, 3.63) is 68.3 Å². The third kappa shape index (κ3) is 2.83. The summed E-state index contributed by atoms with van der Waals surface area (Å²) < 4.78 is 7.54. The van der Waals surface area contributed by atoms with E-state index in [9.17, 15) is 4.79 Å². The highest BCUT2D eigenvalue weighted by molar-refractivity contribution is 7.18. The predicted octanol–water partition coefficient (Wildman–Crippen LogP) is 3.14. The number of thiazole rings is 1. The molecule has 0 aliphatic carbocycles. The zero-order valence-electron chi connectivity index (χ0n) is 15.3. The van der Waals surface area contributed by atoms with Gasteiger partial charge in [-0.3, -0.25) is 9.78 Å². The van der Waals surface area contributed by atoms with Crippen LogP contribution in [0.1, 0.15) is 21.3 Å². The van der Waals surface area contributed by atoms with Crippen molar-refractivity contribution in [2.45, 2.75) is 19.9 Å². The predicted molar refractivity (Wildman–Crippen MR) is 111 cm³/mol. The first-order valence-electron chi connectivity index (χ1n) is 8.76. The van der Waals surface area contributed by atoms with Gasteiger partial charge >= 0.3 is 0 Å². The average molecular weight is 409 g/mol. The van der Waals surface area contributed by atoms with Crippen LogP contribution in [0.5, 0.6) is 0 Å². The van der Waals surface area contributed by atoms with Gasteiger partial charge < -0.3 is 4.57 Å². The van der Waals surface area contributed by atoms with Crippen molar-refractivity contribution >= 4 is 44.1 Å². The summed E-state index contributed by atoms with van der Waals surface area (Å²) in [6, 6.07) is 7.79. The second-order valence-corrected chi connectivity index (χ2v) is 8.60. The number of rotatable bonds is 4. The number of aryl methyl sites for hydroxylation is 2. The molecule has 0 radical (unpaired) electrons. The van der Waals surface area contributed by atoms with Crippen LogP contribution in [0.15, 0.2) is 41.5 Å². The highest BCUT2D eigenvalue weighted by atomic mass is 32.1. The fourth-order valence-electron chi connectivity index (χ4n) is 3.35. The Balaban J connectivity index is 1.59. The summed E-state index contributed by atoms with van der Waals surface area (Å²) in [6.07, 6.45) is 4.30. The summed E-state index contributed by atoms with van der Waals surface area (Å²) in [7, 11) is 1.91. The molecule has 9 heteroatoms. The van der Waals surface area contributed by atoms with Gasteiger partial charge in [-0.15, -0.1) is 11.3 Å². The summed E-state index contributed by atoms with van der Waals surface area (Å²) in [5, 5.41) is 6.20. The van der Waals surface area contributed by atoms with Crippen LogP contribution < -0.4 is 5.56 Å². The van der Waals surface area contributed by atoms with Crippen LogP contribution in [0.25, 0.3) is 21.3 Å². The molecule has 0 atom stereocenters. The maximum Gasteiger partial charge on any atom is 0.291 e. The van der Waals surface area contributed by atoms with E-state index >= 15 is 0 Å². The van der Waals surface area contributed by atoms with Crippen molar-refractivity contribution in [1.29, 1.82) is 0 Å². The van der Waals surface area contributed by atoms with Crippen molar-refractivity contribution in [2.75, 3.05) is 0 Å². The molecule has 0 aromatic carbocycles. The minimum atomic E-state index is -0.127. The average Bonchev–Trinajstić information content (AvgIpc) is 3.37. The molecule has 0 N–H and O–H groups in total. The fourth-order valence-corrected chi connectivity index (χ4v) is 5.09. The molecule has 5 aromatic heterocycles. The molecule has 0 saturated heterocycles. The molecule has 5 rings (SSSR count). The summed E-state index contributed by atoms with van der Waals surface area (Å²) in [4.78, 5) is 24.5. The molecular formula is C19H16N6OS2. The molecule has 0 amide bonds. The zero-order chi connectivity index (χ0) is 19.3. The third-order valence-electron chi connectivity index (χ3n) is 4.64. The monoisotopic (exact) mass is 408 g/mol. The number of fused-ring (bicyclic) bond motifs is 3. The molecule has 0 saturated carbocycles. The Kier molecular flexibility index (Phi) is 4.06. The van der Waals surface area contributed by atoms with Gasteiger partial charge in [-0.1, -0.05) is 6.07 Å². The highest BCUT2D eigenvalue weighted by Gasteiger charge is 2.18. The lowest BCUT2D eigenvalue weighted by atomic mass is 10.3. The first-order valence-corrected chi connectivity index (χ1v) is 10.3. The number of aromatic nitrogens is 6. The largest absolute Gasteiger partial charge is 0.329 e. The van der Waals surface area contributed by atoms with Crippen LogP contribution in [-0.4, -0.2) is 28.7 Å². The number of hydrogen-bond acceptors (Lipinski definition) is 7. The Bertz CT molecular complexity index is 1360. The second-order valence-electron chi connectivity index (χ2n) is 6.62. The number of hydrogen-bond donors (Lipinski definition) is 0. The van der Waals surface area contributed by atoms with E-state index in [2.05, 4.69) is 14.5 Å². The maximum atomic E-state index is 13.1. The van der Waals surface area contributed by atoms with Gasteiger partial charge in [-0.25, -0.2) is 14.0 Å². The molecule has 140 valence electrons. The Hall–Kier alpha value is -2.91. The van der Waals surface area contributed by atoms with Gasteiger partial charge in [0.2, 0.25) is 0 Å². The Morgan fingerprint density at radius 2 is 2.07 bits per heavy atom. The smallest absolute Gasteiger partial charge is 0.291 e. The SMILES string of the molecule is Cc1cccc(Cn2ncc3c4nc(Cc5ccns5)sc4n(C)c3c2=O)n1. The van der Waals surface area contributed by atoms with Crippen molar-refractivity contribution in [1.82, 2.24) is 28.7 Å². The van der Waals surface area contributed by atoms with Gasteiger partial charge in [-0.05, 0) is 36.7 Å². The zero-order valence-corrected chi connectivity index (χ0v) is 16.9. The van der Waals surface area contributed by atoms with Gasteiger partial charge in [-0.2, -0.15) is 5.10 Å². The minimum Gasteiger partial charge on any atom is -0.329 e. The first kappa shape index (κ1) is 17.2. The van der Waals surface area contributed by atoms with Gasteiger partial charge in [0, 0.05) is 30.2 Å². The molecule has 0 fully saturated rings. The molecule has 28 heavy (non-hydrogen) atoms. The summed E-state index contributed by atoms with van der Waals surface area (Å²) >= 11 is 3.09. The van der Waals surface area contributed by atoms with E-state index in [0.29, 0.717) is 12.1 Å². The molecule has 0 spiro atoms. The van der Waals surface area contributed by atoms with E-state index in [0.717, 1.165) is 38.5 Å². The van der Waals surface area contributed by atoms with E-state index in [1.165, 1.54) is 21.1 Å². The quantitative estimate of drug-likeness (QED) is 0.456. The van der Waals surface area contributed by atoms with E-state index in [-0.39, 0.29) is 5.56 Å². The summed E-state index contributed by atoms with van der Waals surface area (Å²) in [6.45, 7) is 2.28. The van der Waals surface area contributed by atoms with Gasteiger partial charge in [0.15, 0.2) is 0 Å². The van der Waals surface area contributed by atoms with Crippen molar-refractivity contribution in [2.24, 2.45) is 7.05 Å². The summed E-state index contributed by atoms with van der Waals surface area (Å²) in [5.74, 6) is 0. The van der Waals surface area contributed by atoms with Crippen molar-refractivity contribution < 1.29 is 0 Å². The van der Waals surface area contributed by atoms with Gasteiger partial charge in [0.1, 0.15) is 20.9 Å². The minimum absolute atomic E-state index is 0.127. The maximum absolute atomic E-state index is 13.1. The third-order valence-corrected chi connectivity index (χ3v) is 6.52. The first-order chi connectivity index (χ1) is 13.6. The van der Waals surface area contributed by atoms with Crippen molar-refractivity contribution in [3.8, 4) is 0 Å². The van der Waals surface area contributed by atoms with Crippen LogP contribution in [0.3, 0.4) is 0 Å². The van der Waals surface area contributed by atoms with Crippen LogP contribution in [0.4, 0.5) is 0 Å². The van der Waals surface area contributed by atoms with E-state index < -0.39 is 0 Å².